The monoisotopic (exact) mass is 283 g/mol. The Morgan fingerprint density at radius 1 is 1.32 bits per heavy atom. The van der Waals surface area contributed by atoms with E-state index in [-0.39, 0.29) is 10.7 Å². The number of carbonyl (C=O) groups is 2. The van der Waals surface area contributed by atoms with Gasteiger partial charge in [-0.05, 0) is 36.6 Å². The molecule has 0 spiro atoms. The van der Waals surface area contributed by atoms with Crippen molar-refractivity contribution in [3.63, 3.8) is 0 Å². The summed E-state index contributed by atoms with van der Waals surface area (Å²) in [6, 6.07) is 4.26. The van der Waals surface area contributed by atoms with E-state index < -0.39 is 22.5 Å². The van der Waals surface area contributed by atoms with Crippen LogP contribution >= 0.6 is 0 Å². The van der Waals surface area contributed by atoms with Crippen LogP contribution in [0.2, 0.25) is 0 Å². The van der Waals surface area contributed by atoms with E-state index in [1.807, 2.05) is 4.72 Å². The molecule has 0 saturated heterocycles. The summed E-state index contributed by atoms with van der Waals surface area (Å²) in [6.45, 7) is -0.668. The van der Waals surface area contributed by atoms with E-state index in [0.717, 1.165) is 0 Å². The quantitative estimate of drug-likeness (QED) is 0.841. The number of carboxylic acid groups (broad SMARTS) is 1. The van der Waals surface area contributed by atoms with Gasteiger partial charge in [0.2, 0.25) is 10.0 Å². The number of ketones is 1. The Balaban J connectivity index is 2.31. The highest BCUT2D eigenvalue weighted by molar-refractivity contribution is 7.89. The van der Waals surface area contributed by atoms with Gasteiger partial charge in [-0.1, -0.05) is 0 Å². The van der Waals surface area contributed by atoms with Crippen molar-refractivity contribution < 1.29 is 23.1 Å². The molecule has 0 atom stereocenters. The van der Waals surface area contributed by atoms with Crippen LogP contribution in [-0.4, -0.2) is 31.8 Å². The molecule has 102 valence electrons. The second kappa shape index (κ2) is 5.10. The Morgan fingerprint density at radius 3 is 2.74 bits per heavy atom. The van der Waals surface area contributed by atoms with Crippen LogP contribution in [0.25, 0.3) is 0 Å². The maximum Gasteiger partial charge on any atom is 0.318 e. The van der Waals surface area contributed by atoms with Crippen LogP contribution in [0.4, 0.5) is 0 Å². The molecule has 1 aliphatic rings. The van der Waals surface area contributed by atoms with E-state index in [0.29, 0.717) is 30.4 Å². The largest absolute Gasteiger partial charge is 0.480 e. The smallest absolute Gasteiger partial charge is 0.318 e. The normalized spacial score (nSPS) is 15.1. The molecular formula is C12H13NO5S. The second-order valence-electron chi connectivity index (χ2n) is 4.31. The van der Waals surface area contributed by atoms with Crippen LogP contribution in [-0.2, 0) is 21.2 Å². The first-order valence-corrected chi connectivity index (χ1v) is 7.26. The van der Waals surface area contributed by atoms with E-state index in [4.69, 9.17) is 5.11 Å². The highest BCUT2D eigenvalue weighted by atomic mass is 32.2. The summed E-state index contributed by atoms with van der Waals surface area (Å²) in [4.78, 5) is 22.0. The third-order valence-electron chi connectivity index (χ3n) is 2.95. The lowest BCUT2D eigenvalue weighted by Crippen LogP contribution is -2.29. The van der Waals surface area contributed by atoms with Crippen molar-refractivity contribution in [3.05, 3.63) is 29.3 Å². The molecule has 0 amide bonds. The first-order valence-electron chi connectivity index (χ1n) is 5.78. The number of carbonyl (C=O) groups excluding carboxylic acids is 1. The van der Waals surface area contributed by atoms with Crippen LogP contribution < -0.4 is 4.72 Å². The molecule has 0 saturated carbocycles. The Hall–Kier alpha value is -1.73. The average Bonchev–Trinajstić information content (AvgIpc) is 2.36. The van der Waals surface area contributed by atoms with Gasteiger partial charge < -0.3 is 5.11 Å². The number of rotatable bonds is 4. The molecule has 19 heavy (non-hydrogen) atoms. The number of fused-ring (bicyclic) bond motifs is 1. The maximum atomic E-state index is 11.8. The molecule has 0 aliphatic heterocycles. The van der Waals surface area contributed by atoms with Gasteiger partial charge in [0.25, 0.3) is 0 Å². The Bertz CT molecular complexity index is 636. The summed E-state index contributed by atoms with van der Waals surface area (Å²) in [7, 11) is -3.85. The molecule has 0 fully saturated rings. The number of benzene rings is 1. The summed E-state index contributed by atoms with van der Waals surface area (Å²) in [5.74, 6) is -1.24. The number of sulfonamides is 1. The van der Waals surface area contributed by atoms with Gasteiger partial charge >= 0.3 is 5.97 Å². The molecule has 0 heterocycles. The number of Topliss-reactive ketones (excluding diaryl/α,β-unsaturated/α-hetero) is 1. The molecule has 1 aromatic rings. The lowest BCUT2D eigenvalue weighted by molar-refractivity contribution is -0.135. The molecule has 1 aromatic carbocycles. The summed E-state index contributed by atoms with van der Waals surface area (Å²) in [5.41, 5.74) is 1.26. The fourth-order valence-corrected chi connectivity index (χ4v) is 3.06. The zero-order chi connectivity index (χ0) is 14.0. The number of aliphatic carboxylic acids is 1. The first kappa shape index (κ1) is 13.7. The van der Waals surface area contributed by atoms with E-state index >= 15 is 0 Å². The lowest BCUT2D eigenvalue weighted by atomic mass is 9.91. The number of nitrogens with one attached hydrogen (secondary N) is 1. The molecule has 6 nitrogen and oxygen atoms in total. The van der Waals surface area contributed by atoms with E-state index in [1.165, 1.54) is 18.2 Å². The summed E-state index contributed by atoms with van der Waals surface area (Å²) >= 11 is 0. The van der Waals surface area contributed by atoms with Crippen molar-refractivity contribution in [2.45, 2.75) is 24.2 Å². The number of hydrogen-bond donors (Lipinski definition) is 2. The first-order chi connectivity index (χ1) is 8.90. The predicted molar refractivity (Wildman–Crippen MR) is 66.5 cm³/mol. The molecule has 7 heteroatoms. The topological polar surface area (TPSA) is 101 Å². The van der Waals surface area contributed by atoms with Crippen LogP contribution in [0.15, 0.2) is 23.1 Å². The fourth-order valence-electron chi connectivity index (χ4n) is 2.03. The molecule has 2 N–H and O–H groups in total. The van der Waals surface area contributed by atoms with E-state index in [1.54, 1.807) is 0 Å². The molecule has 0 unspecified atom stereocenters. The van der Waals surface area contributed by atoms with E-state index in [2.05, 4.69) is 0 Å². The van der Waals surface area contributed by atoms with Gasteiger partial charge in [0.15, 0.2) is 5.78 Å². The number of hydrogen-bond acceptors (Lipinski definition) is 4. The number of aryl methyl sites for hydroxylation is 1. The molecule has 0 bridgehead atoms. The third-order valence-corrected chi connectivity index (χ3v) is 4.35. The van der Waals surface area contributed by atoms with Crippen LogP contribution in [0.1, 0.15) is 28.8 Å². The van der Waals surface area contributed by atoms with Gasteiger partial charge in [-0.25, -0.2) is 8.42 Å². The summed E-state index contributed by atoms with van der Waals surface area (Å²) < 4.78 is 25.7. The molecular weight excluding hydrogens is 270 g/mol. The number of carboxylic acids is 1. The Morgan fingerprint density at radius 2 is 2.05 bits per heavy atom. The highest BCUT2D eigenvalue weighted by Gasteiger charge is 2.21. The highest BCUT2D eigenvalue weighted by Crippen LogP contribution is 2.24. The minimum absolute atomic E-state index is 0.0119. The van der Waals surface area contributed by atoms with Gasteiger partial charge in [-0.2, -0.15) is 4.72 Å². The Kier molecular flexibility index (Phi) is 3.68. The zero-order valence-electron chi connectivity index (χ0n) is 10.0. The summed E-state index contributed by atoms with van der Waals surface area (Å²) in [6.07, 6.45) is 1.84. The van der Waals surface area contributed by atoms with Crippen LogP contribution in [0, 0.1) is 0 Å². The van der Waals surface area contributed by atoms with Gasteiger partial charge in [0.1, 0.15) is 6.54 Å². The van der Waals surface area contributed by atoms with E-state index in [9.17, 15) is 18.0 Å². The standard InChI is InChI=1S/C12H13NO5S/c14-11-3-1-2-8-6-9(4-5-10(8)11)19(17,18)13-7-12(15)16/h4-6,13H,1-3,7H2,(H,15,16). The van der Waals surface area contributed by atoms with Crippen molar-refractivity contribution in [1.29, 1.82) is 0 Å². The van der Waals surface area contributed by atoms with Gasteiger partial charge in [-0.3, -0.25) is 9.59 Å². The van der Waals surface area contributed by atoms with Crippen LogP contribution in [0.5, 0.6) is 0 Å². The van der Waals surface area contributed by atoms with Gasteiger partial charge in [0.05, 0.1) is 4.90 Å². The second-order valence-corrected chi connectivity index (χ2v) is 6.08. The SMILES string of the molecule is O=C(O)CNS(=O)(=O)c1ccc2c(c1)CCCC2=O. The van der Waals surface area contributed by atoms with Gasteiger partial charge in [-0.15, -0.1) is 0 Å². The van der Waals surface area contributed by atoms with Crippen molar-refractivity contribution in [2.75, 3.05) is 6.54 Å². The molecule has 2 rings (SSSR count). The summed E-state index contributed by atoms with van der Waals surface area (Å²) in [5, 5.41) is 8.48. The molecule has 0 aromatic heterocycles. The molecule has 0 radical (unpaired) electrons. The fraction of sp³-hybridized carbons (Fsp3) is 0.333. The van der Waals surface area contributed by atoms with Crippen molar-refractivity contribution >= 4 is 21.8 Å². The van der Waals surface area contributed by atoms with Crippen molar-refractivity contribution in [3.8, 4) is 0 Å². The predicted octanol–water partition coefficient (Wildman–Crippen LogP) is 0.569. The molecule has 1 aliphatic carbocycles. The van der Waals surface area contributed by atoms with Gasteiger partial charge in [0, 0.05) is 12.0 Å². The maximum absolute atomic E-state index is 11.8. The minimum Gasteiger partial charge on any atom is -0.480 e. The van der Waals surface area contributed by atoms with Crippen molar-refractivity contribution in [1.82, 2.24) is 4.72 Å². The van der Waals surface area contributed by atoms with Crippen molar-refractivity contribution in [2.24, 2.45) is 0 Å². The van der Waals surface area contributed by atoms with Crippen LogP contribution in [0.3, 0.4) is 0 Å². The minimum atomic E-state index is -3.85. The lowest BCUT2D eigenvalue weighted by Gasteiger charge is -2.15. The Labute approximate surface area is 110 Å². The third kappa shape index (κ3) is 2.99. The zero-order valence-corrected chi connectivity index (χ0v) is 10.9. The average molecular weight is 283 g/mol.